The lowest BCUT2D eigenvalue weighted by Crippen LogP contribution is -2.50. The minimum absolute atomic E-state index is 0.0604. The van der Waals surface area contributed by atoms with Gasteiger partial charge in [-0.2, -0.15) is 0 Å². The van der Waals surface area contributed by atoms with E-state index in [2.05, 4.69) is 46.0 Å². The van der Waals surface area contributed by atoms with E-state index in [4.69, 9.17) is 9.47 Å². The number of nitrogens with one attached hydrogen (secondary N) is 1. The van der Waals surface area contributed by atoms with Gasteiger partial charge in [0.15, 0.2) is 0 Å². The van der Waals surface area contributed by atoms with E-state index in [1.165, 1.54) is 44.1 Å². The Bertz CT molecular complexity index is 1780. The van der Waals surface area contributed by atoms with Crippen LogP contribution in [0.2, 0.25) is 0 Å². The zero-order chi connectivity index (χ0) is 44.7. The highest BCUT2D eigenvalue weighted by molar-refractivity contribution is 5.95. The maximum absolute atomic E-state index is 14.4. The predicted octanol–water partition coefficient (Wildman–Crippen LogP) is 8.97. The van der Waals surface area contributed by atoms with E-state index < -0.39 is 64.7 Å². The van der Waals surface area contributed by atoms with Crippen LogP contribution in [-0.4, -0.2) is 74.2 Å². The summed E-state index contributed by atoms with van der Waals surface area (Å²) in [4.78, 5) is 66.2. The fraction of sp³-hybridized carbons (Fsp3) is 0.729. The van der Waals surface area contributed by atoms with Crippen LogP contribution in [0.5, 0.6) is 11.5 Å². The predicted molar refractivity (Wildman–Crippen MR) is 231 cm³/mol. The van der Waals surface area contributed by atoms with Crippen molar-refractivity contribution in [3.63, 3.8) is 0 Å². The number of carbonyl (C=O) groups is 5. The summed E-state index contributed by atoms with van der Waals surface area (Å²) >= 11 is 0. The highest BCUT2D eigenvalue weighted by atomic mass is 16.6. The van der Waals surface area contributed by atoms with Gasteiger partial charge in [0.25, 0.3) is 0 Å². The van der Waals surface area contributed by atoms with Gasteiger partial charge in [-0.15, -0.1) is 0 Å². The van der Waals surface area contributed by atoms with Crippen molar-refractivity contribution in [2.75, 3.05) is 6.54 Å². The number of phenols is 1. The quantitative estimate of drug-likeness (QED) is 0.0470. The number of carbonyl (C=O) groups excluding carboxylic acids is 3. The standard InChI is InChI=1S/C48H74N2O10/c1-29(2)15-11-16-30(3)17-12-18-31(4)19-13-20-32(5)22-23-35-36(28-50-26-14-21-38(50)42(54)49-37(43(55)56)27-39(51)52)41(34(7)33(6)40(35)53)59-45(58)48-25-24-47(10,44(57)60-48)46(48,8)9/h22,29-31,37-38,53H,11-21,23-28H2,1-10H3,(H,49,54)(H,51,52)(H,55,56)/b32-22+/t30-,31-,37-,38-,47+,48-/m1/s1. The van der Waals surface area contributed by atoms with E-state index in [1.54, 1.807) is 13.8 Å². The van der Waals surface area contributed by atoms with E-state index in [9.17, 15) is 39.3 Å². The summed E-state index contributed by atoms with van der Waals surface area (Å²) in [5, 5.41) is 33.1. The van der Waals surface area contributed by atoms with Crippen LogP contribution in [0.4, 0.5) is 0 Å². The Balaban J connectivity index is 1.58. The number of amides is 1. The molecule has 60 heavy (non-hydrogen) atoms. The van der Waals surface area contributed by atoms with Gasteiger partial charge in [-0.3, -0.25) is 19.3 Å². The van der Waals surface area contributed by atoms with E-state index >= 15 is 0 Å². The van der Waals surface area contributed by atoms with Crippen LogP contribution in [0, 0.1) is 42.4 Å². The number of nitrogens with zero attached hydrogens (tertiary/aromatic N) is 1. The first-order chi connectivity index (χ1) is 28.1. The van der Waals surface area contributed by atoms with Crippen LogP contribution < -0.4 is 10.1 Å². The number of hydrogen-bond donors (Lipinski definition) is 4. The zero-order valence-electron chi connectivity index (χ0n) is 38.1. The maximum atomic E-state index is 14.4. The molecule has 0 aromatic heterocycles. The molecular formula is C48H74N2O10. The number of phenolic OH excluding ortho intramolecular Hbond substituents is 1. The molecule has 2 aliphatic heterocycles. The normalized spacial score (nSPS) is 24.0. The van der Waals surface area contributed by atoms with Crippen LogP contribution >= 0.6 is 0 Å². The molecule has 336 valence electrons. The molecule has 0 radical (unpaired) electrons. The molecule has 3 fully saturated rings. The number of fused-ring (bicyclic) bond motifs is 2. The molecule has 2 saturated heterocycles. The minimum Gasteiger partial charge on any atom is -0.507 e. The van der Waals surface area contributed by atoms with Crippen molar-refractivity contribution in [1.29, 1.82) is 0 Å². The number of ether oxygens (including phenoxy) is 2. The summed E-state index contributed by atoms with van der Waals surface area (Å²) in [6, 6.07) is -2.40. The fourth-order valence-corrected chi connectivity index (χ4v) is 9.73. The lowest BCUT2D eigenvalue weighted by Gasteiger charge is -2.35. The van der Waals surface area contributed by atoms with Crippen molar-refractivity contribution < 1.29 is 48.8 Å². The molecular weight excluding hydrogens is 765 g/mol. The maximum Gasteiger partial charge on any atom is 0.356 e. The lowest BCUT2D eigenvalue weighted by atomic mass is 9.66. The average molecular weight is 839 g/mol. The van der Waals surface area contributed by atoms with E-state index in [-0.39, 0.29) is 18.0 Å². The molecule has 12 nitrogen and oxygen atoms in total. The molecule has 0 spiro atoms. The number of hydrogen-bond acceptors (Lipinski definition) is 9. The Morgan fingerprint density at radius 3 is 2.08 bits per heavy atom. The first-order valence-electron chi connectivity index (χ1n) is 22.5. The number of aliphatic carboxylic acids is 2. The first-order valence-corrected chi connectivity index (χ1v) is 22.5. The monoisotopic (exact) mass is 839 g/mol. The van der Waals surface area contributed by atoms with Gasteiger partial charge in [0.2, 0.25) is 11.5 Å². The molecule has 1 saturated carbocycles. The molecule has 1 amide bonds. The summed E-state index contributed by atoms with van der Waals surface area (Å²) < 4.78 is 12.3. The minimum atomic E-state index is -1.60. The van der Waals surface area contributed by atoms with Crippen molar-refractivity contribution in [3.8, 4) is 11.5 Å². The SMILES string of the molecule is C/C(=C\Cc1c(O)c(C)c(C)c(OC(=O)[C@@]23CC[C@@](C)(C(=O)O2)C3(C)C)c1CN1CCC[C@@H]1C(=O)N[C@H](CC(=O)O)C(=O)O)CCC[C@H](C)CCC[C@H](C)CCCC(C)C. The Morgan fingerprint density at radius 1 is 0.917 bits per heavy atom. The highest BCUT2D eigenvalue weighted by Crippen LogP contribution is 2.66. The van der Waals surface area contributed by atoms with Crippen molar-refractivity contribution >= 4 is 29.8 Å². The molecule has 4 rings (SSSR count). The highest BCUT2D eigenvalue weighted by Gasteiger charge is 2.76. The van der Waals surface area contributed by atoms with E-state index in [0.717, 1.165) is 31.1 Å². The number of allylic oxidation sites excluding steroid dienone is 2. The molecule has 6 atom stereocenters. The number of carboxylic acid groups (broad SMARTS) is 2. The summed E-state index contributed by atoms with van der Waals surface area (Å²) in [5.41, 5.74) is 0.0997. The summed E-state index contributed by atoms with van der Waals surface area (Å²) in [6.45, 7) is 21.0. The van der Waals surface area contributed by atoms with Gasteiger partial charge in [-0.1, -0.05) is 98.1 Å². The second-order valence-corrected chi connectivity index (χ2v) is 19.7. The molecule has 12 heteroatoms. The molecule has 2 heterocycles. The number of carboxylic acids is 2. The van der Waals surface area contributed by atoms with Crippen LogP contribution in [0.3, 0.4) is 0 Å². The van der Waals surface area contributed by atoms with Gasteiger partial charge in [-0.25, -0.2) is 9.59 Å². The average Bonchev–Trinajstić information content (AvgIpc) is 3.75. The Labute approximate surface area is 358 Å². The topological polar surface area (TPSA) is 180 Å². The molecule has 1 aromatic rings. The van der Waals surface area contributed by atoms with Gasteiger partial charge < -0.3 is 30.1 Å². The third-order valence-electron chi connectivity index (χ3n) is 14.6. The van der Waals surface area contributed by atoms with Crippen LogP contribution in [0.25, 0.3) is 0 Å². The number of aromatic hydroxyl groups is 1. The van der Waals surface area contributed by atoms with E-state index in [0.29, 0.717) is 66.8 Å². The number of benzene rings is 1. The lowest BCUT2D eigenvalue weighted by molar-refractivity contribution is -0.176. The summed E-state index contributed by atoms with van der Waals surface area (Å²) in [7, 11) is 0. The van der Waals surface area contributed by atoms with Crippen molar-refractivity contribution in [2.45, 2.75) is 190 Å². The Hall–Kier alpha value is -3.93. The zero-order valence-corrected chi connectivity index (χ0v) is 38.1. The molecule has 1 aliphatic carbocycles. The van der Waals surface area contributed by atoms with Crippen LogP contribution in [0.15, 0.2) is 11.6 Å². The molecule has 3 aliphatic rings. The third kappa shape index (κ3) is 10.7. The number of esters is 2. The molecule has 4 N–H and O–H groups in total. The first kappa shape index (κ1) is 48.7. The summed E-state index contributed by atoms with van der Waals surface area (Å²) in [6.07, 6.45) is 14.2. The van der Waals surface area contributed by atoms with Gasteiger partial charge in [0.1, 0.15) is 17.5 Å². The number of rotatable bonds is 23. The largest absolute Gasteiger partial charge is 0.507 e. The molecule has 2 bridgehead atoms. The molecule has 1 aromatic carbocycles. The number of likely N-dealkylation sites (tertiary alicyclic amines) is 1. The second kappa shape index (κ2) is 20.3. The van der Waals surface area contributed by atoms with E-state index in [1.807, 2.05) is 25.7 Å². The van der Waals surface area contributed by atoms with Gasteiger partial charge >= 0.3 is 23.9 Å². The summed E-state index contributed by atoms with van der Waals surface area (Å²) in [5.74, 6) is -2.06. The third-order valence-corrected chi connectivity index (χ3v) is 14.6. The van der Waals surface area contributed by atoms with Crippen LogP contribution in [0.1, 0.15) is 168 Å². The van der Waals surface area contributed by atoms with Gasteiger partial charge in [0.05, 0.1) is 17.9 Å². The van der Waals surface area contributed by atoms with Gasteiger partial charge in [-0.05, 0) is 108 Å². The molecule has 0 unspecified atom stereocenters. The Morgan fingerprint density at radius 2 is 1.53 bits per heavy atom. The van der Waals surface area contributed by atoms with Crippen molar-refractivity contribution in [1.82, 2.24) is 10.2 Å². The van der Waals surface area contributed by atoms with Crippen LogP contribution in [-0.2, 0) is 41.7 Å². The Kier molecular flexibility index (Phi) is 16.5. The van der Waals surface area contributed by atoms with Crippen molar-refractivity contribution in [3.05, 3.63) is 33.9 Å². The second-order valence-electron chi connectivity index (χ2n) is 19.7. The van der Waals surface area contributed by atoms with Crippen molar-refractivity contribution in [2.24, 2.45) is 28.6 Å². The smallest absolute Gasteiger partial charge is 0.356 e. The fourth-order valence-electron chi connectivity index (χ4n) is 9.73. The van der Waals surface area contributed by atoms with Gasteiger partial charge in [0, 0.05) is 23.1 Å².